The molecule has 2 aromatic rings. The van der Waals surface area contributed by atoms with Crippen LogP contribution in [0.5, 0.6) is 11.8 Å². The Morgan fingerprint density at radius 1 is 1.20 bits per heavy atom. The van der Waals surface area contributed by atoms with Gasteiger partial charge in [0.25, 0.3) is 0 Å². The molecule has 1 aliphatic heterocycles. The van der Waals surface area contributed by atoms with Crippen LogP contribution in [-0.4, -0.2) is 35.1 Å². The summed E-state index contributed by atoms with van der Waals surface area (Å²) in [6.07, 6.45) is 0.838. The molecule has 0 saturated carbocycles. The molecule has 2 aromatic heterocycles. The molecule has 3 rings (SSSR count). The molecule has 0 saturated heterocycles. The van der Waals surface area contributed by atoms with Crippen LogP contribution in [0.15, 0.2) is 24.4 Å². The number of aromatic nitrogens is 3. The van der Waals surface area contributed by atoms with Gasteiger partial charge in [0.2, 0.25) is 11.8 Å². The van der Waals surface area contributed by atoms with Crippen molar-refractivity contribution in [1.29, 1.82) is 0 Å². The highest BCUT2D eigenvalue weighted by atomic mass is 16.6. The summed E-state index contributed by atoms with van der Waals surface area (Å²) < 4.78 is 15.4. The maximum absolute atomic E-state index is 11.8. The Labute approximate surface area is 114 Å². The van der Waals surface area contributed by atoms with E-state index in [-0.39, 0.29) is 5.69 Å². The van der Waals surface area contributed by atoms with Gasteiger partial charge in [-0.3, -0.25) is 0 Å². The van der Waals surface area contributed by atoms with E-state index >= 15 is 0 Å². The van der Waals surface area contributed by atoms with Gasteiger partial charge in [-0.1, -0.05) is 6.07 Å². The van der Waals surface area contributed by atoms with Crippen LogP contribution < -0.4 is 9.47 Å². The summed E-state index contributed by atoms with van der Waals surface area (Å²) in [5.74, 6) is 0.470. The molecular formula is C13H11N3O4. The zero-order valence-electron chi connectivity index (χ0n) is 10.9. The van der Waals surface area contributed by atoms with Crippen LogP contribution in [0.4, 0.5) is 0 Å². The number of cyclic esters (lactones) is 1. The van der Waals surface area contributed by atoms with Crippen molar-refractivity contribution in [3.05, 3.63) is 41.5 Å². The number of hydrogen-bond acceptors (Lipinski definition) is 7. The number of pyridine rings is 1. The molecule has 20 heavy (non-hydrogen) atoms. The van der Waals surface area contributed by atoms with Crippen LogP contribution in [0, 0.1) is 0 Å². The average molecular weight is 273 g/mol. The molecule has 7 nitrogen and oxygen atoms in total. The lowest BCUT2D eigenvalue weighted by Crippen LogP contribution is -2.08. The lowest BCUT2D eigenvalue weighted by Gasteiger charge is -2.11. The van der Waals surface area contributed by atoms with Gasteiger partial charge in [0.05, 0.1) is 20.3 Å². The molecule has 1 aliphatic rings. The summed E-state index contributed by atoms with van der Waals surface area (Å²) in [6.45, 7) is 0. The Bertz CT molecular complexity index is 652. The van der Waals surface area contributed by atoms with E-state index < -0.39 is 12.1 Å². The number of rotatable bonds is 3. The van der Waals surface area contributed by atoms with E-state index in [0.29, 0.717) is 23.1 Å². The molecule has 1 atom stereocenters. The lowest BCUT2D eigenvalue weighted by molar-refractivity contribution is 0.0436. The molecule has 7 heteroatoms. The van der Waals surface area contributed by atoms with Gasteiger partial charge < -0.3 is 14.2 Å². The van der Waals surface area contributed by atoms with E-state index in [0.717, 1.165) is 0 Å². The van der Waals surface area contributed by atoms with Crippen LogP contribution in [0.25, 0.3) is 0 Å². The lowest BCUT2D eigenvalue weighted by atomic mass is 10.1. The molecule has 0 aromatic carbocycles. The first-order valence-electron chi connectivity index (χ1n) is 5.85. The number of esters is 1. The summed E-state index contributed by atoms with van der Waals surface area (Å²) in [7, 11) is 2.98. The van der Waals surface area contributed by atoms with Gasteiger partial charge in [0, 0.05) is 11.8 Å². The number of ether oxygens (including phenoxy) is 3. The van der Waals surface area contributed by atoms with E-state index in [4.69, 9.17) is 14.2 Å². The average Bonchev–Trinajstić information content (AvgIpc) is 2.84. The Kier molecular flexibility index (Phi) is 2.94. The Balaban J connectivity index is 2.08. The van der Waals surface area contributed by atoms with E-state index in [2.05, 4.69) is 15.0 Å². The molecule has 0 N–H and O–H groups in total. The number of carbonyl (C=O) groups is 1. The topological polar surface area (TPSA) is 83.4 Å². The van der Waals surface area contributed by atoms with E-state index in [1.54, 1.807) is 18.2 Å². The Morgan fingerprint density at radius 2 is 1.90 bits per heavy atom. The van der Waals surface area contributed by atoms with Gasteiger partial charge in [-0.15, -0.1) is 0 Å². The molecule has 0 radical (unpaired) electrons. The zero-order chi connectivity index (χ0) is 14.1. The number of methoxy groups -OCH3 is 2. The summed E-state index contributed by atoms with van der Waals surface area (Å²) >= 11 is 0. The maximum atomic E-state index is 11.8. The third-order valence-electron chi connectivity index (χ3n) is 2.89. The van der Waals surface area contributed by atoms with Crippen LogP contribution >= 0.6 is 0 Å². The van der Waals surface area contributed by atoms with Crippen LogP contribution in [0.3, 0.4) is 0 Å². The van der Waals surface area contributed by atoms with Crippen molar-refractivity contribution in [3.8, 4) is 11.8 Å². The molecular weight excluding hydrogens is 262 g/mol. The van der Waals surface area contributed by atoms with Crippen molar-refractivity contribution >= 4 is 5.97 Å². The summed E-state index contributed by atoms with van der Waals surface area (Å²) in [5, 5.41) is 0. The highest BCUT2D eigenvalue weighted by Gasteiger charge is 2.35. The predicted molar refractivity (Wildman–Crippen MR) is 66.6 cm³/mol. The van der Waals surface area contributed by atoms with Crippen molar-refractivity contribution in [3.63, 3.8) is 0 Å². The monoisotopic (exact) mass is 273 g/mol. The smallest absolute Gasteiger partial charge is 0.358 e. The van der Waals surface area contributed by atoms with Gasteiger partial charge in [0.1, 0.15) is 0 Å². The summed E-state index contributed by atoms with van der Waals surface area (Å²) in [4.78, 5) is 24.2. The van der Waals surface area contributed by atoms with Gasteiger partial charge in [-0.05, 0) is 6.07 Å². The summed E-state index contributed by atoms with van der Waals surface area (Å²) in [5.41, 5.74) is 0.913. The van der Waals surface area contributed by atoms with Gasteiger partial charge in [-0.25, -0.2) is 9.78 Å². The molecule has 3 heterocycles. The standard InChI is InChI=1S/C13H11N3O4/c1-18-8-6-9(19-2)16-12(15-8)11-7-4-3-5-14-10(7)13(17)20-11/h3-6,11H,1-2H3. The molecule has 1 unspecified atom stereocenters. The van der Waals surface area contributed by atoms with E-state index in [1.807, 2.05) is 0 Å². The van der Waals surface area contributed by atoms with E-state index in [1.165, 1.54) is 20.4 Å². The van der Waals surface area contributed by atoms with Gasteiger partial charge in [0.15, 0.2) is 17.6 Å². The fourth-order valence-corrected chi connectivity index (χ4v) is 1.97. The third kappa shape index (κ3) is 1.93. The second-order valence-corrected chi connectivity index (χ2v) is 4.04. The Morgan fingerprint density at radius 3 is 2.55 bits per heavy atom. The highest BCUT2D eigenvalue weighted by molar-refractivity contribution is 5.92. The zero-order valence-corrected chi connectivity index (χ0v) is 10.9. The second kappa shape index (κ2) is 4.76. The molecule has 102 valence electrons. The van der Waals surface area contributed by atoms with Crippen molar-refractivity contribution < 1.29 is 19.0 Å². The summed E-state index contributed by atoms with van der Waals surface area (Å²) in [6, 6.07) is 5.03. The number of carbonyl (C=O) groups excluding carboxylic acids is 1. The van der Waals surface area contributed by atoms with Crippen molar-refractivity contribution in [2.24, 2.45) is 0 Å². The second-order valence-electron chi connectivity index (χ2n) is 4.04. The molecule has 0 fully saturated rings. The number of fused-ring (bicyclic) bond motifs is 1. The molecule has 0 spiro atoms. The molecule has 0 aliphatic carbocycles. The minimum Gasteiger partial charge on any atom is -0.481 e. The first-order chi connectivity index (χ1) is 9.72. The molecule has 0 amide bonds. The van der Waals surface area contributed by atoms with E-state index in [9.17, 15) is 4.79 Å². The van der Waals surface area contributed by atoms with Crippen molar-refractivity contribution in [2.75, 3.05) is 14.2 Å². The minimum atomic E-state index is -0.699. The van der Waals surface area contributed by atoms with Crippen LogP contribution in [0.2, 0.25) is 0 Å². The van der Waals surface area contributed by atoms with Crippen LogP contribution in [-0.2, 0) is 4.74 Å². The van der Waals surface area contributed by atoms with Crippen molar-refractivity contribution in [2.45, 2.75) is 6.10 Å². The van der Waals surface area contributed by atoms with Gasteiger partial charge >= 0.3 is 5.97 Å². The molecule has 0 bridgehead atoms. The van der Waals surface area contributed by atoms with Gasteiger partial charge in [-0.2, -0.15) is 9.97 Å². The predicted octanol–water partition coefficient (Wildman–Crippen LogP) is 1.15. The minimum absolute atomic E-state index is 0.280. The fourth-order valence-electron chi connectivity index (χ4n) is 1.97. The quantitative estimate of drug-likeness (QED) is 0.775. The normalized spacial score (nSPS) is 16.5. The SMILES string of the molecule is COc1cc(OC)nc(C2OC(=O)c3ncccc32)n1. The Hall–Kier alpha value is -2.70. The van der Waals surface area contributed by atoms with Crippen LogP contribution in [0.1, 0.15) is 28.0 Å². The first kappa shape index (κ1) is 12.3. The highest BCUT2D eigenvalue weighted by Crippen LogP contribution is 2.34. The number of hydrogen-bond donors (Lipinski definition) is 0. The fraction of sp³-hybridized carbons (Fsp3) is 0.231. The largest absolute Gasteiger partial charge is 0.481 e. The van der Waals surface area contributed by atoms with Crippen molar-refractivity contribution in [1.82, 2.24) is 15.0 Å². The first-order valence-corrected chi connectivity index (χ1v) is 5.85. The number of nitrogens with zero attached hydrogens (tertiary/aromatic N) is 3. The maximum Gasteiger partial charge on any atom is 0.358 e. The third-order valence-corrected chi connectivity index (χ3v) is 2.89.